The zero-order valence-corrected chi connectivity index (χ0v) is 36.3. The van der Waals surface area contributed by atoms with Crippen molar-refractivity contribution in [1.29, 1.82) is 0 Å². The number of nitrogens with one attached hydrogen (secondary N) is 4. The number of rotatable bonds is 14. The Bertz CT molecular complexity index is 2360. The summed E-state index contributed by atoms with van der Waals surface area (Å²) < 4.78 is 18.9. The van der Waals surface area contributed by atoms with E-state index in [9.17, 15) is 23.4 Å². The van der Waals surface area contributed by atoms with Crippen molar-refractivity contribution in [2.24, 2.45) is 5.92 Å². The lowest BCUT2D eigenvalue weighted by atomic mass is 9.95. The van der Waals surface area contributed by atoms with Gasteiger partial charge in [-0.15, -0.1) is 0 Å². The molecule has 0 spiro atoms. The Kier molecular flexibility index (Phi) is 13.2. The third kappa shape index (κ3) is 9.62. The van der Waals surface area contributed by atoms with Crippen LogP contribution in [0.15, 0.2) is 66.9 Å². The highest BCUT2D eigenvalue weighted by molar-refractivity contribution is 7.67. The van der Waals surface area contributed by atoms with Gasteiger partial charge in [0.1, 0.15) is 28.7 Å². The molecule has 0 bridgehead atoms. The second-order valence-corrected chi connectivity index (χ2v) is 17.1. The second kappa shape index (κ2) is 19.1. The number of carbonyl (C=O) groups is 4. The van der Waals surface area contributed by atoms with Gasteiger partial charge in [-0.25, -0.2) is 9.19 Å². The molecule has 1 unspecified atom stereocenters. The minimum absolute atomic E-state index is 0.143. The number of methoxy groups -OCH3 is 1. The Hall–Kier alpha value is -5.82. The molecule has 19 heteroatoms. The number of para-hydroxylation sites is 2. The van der Waals surface area contributed by atoms with Crippen LogP contribution in [0.4, 0.5) is 40.2 Å². The van der Waals surface area contributed by atoms with Crippen LogP contribution in [0.25, 0.3) is 0 Å². The van der Waals surface area contributed by atoms with Crippen LogP contribution in [0.3, 0.4) is 0 Å². The lowest BCUT2D eigenvalue weighted by Gasteiger charge is -2.39. The van der Waals surface area contributed by atoms with E-state index in [4.69, 9.17) is 16.3 Å². The lowest BCUT2D eigenvalue weighted by Crippen LogP contribution is -2.52. The summed E-state index contributed by atoms with van der Waals surface area (Å²) in [7, 11) is 3.35. The van der Waals surface area contributed by atoms with Gasteiger partial charge in [0.25, 0.3) is 5.91 Å². The third-order valence-electron chi connectivity index (χ3n) is 12.0. The van der Waals surface area contributed by atoms with Gasteiger partial charge < -0.3 is 35.4 Å². The molecule has 3 saturated heterocycles. The zero-order valence-electron chi connectivity index (χ0n) is 34.6. The number of hydrogen-bond donors (Lipinski definition) is 5. The SMILES string of the molecule is COc1cc(N2CCC(CN3CCN(CC(=O)Nc4cccc5c4CN(C4CCC(=O)NC4=O)C5=O)CC3)CC2)ccc1Nc1ncc(Cl)c(Nc2ccccc2N(C)[SH]=O)n1. The number of piperazine rings is 1. The average Bonchev–Trinajstić information content (AvgIpc) is 3.62. The number of amides is 4. The summed E-state index contributed by atoms with van der Waals surface area (Å²) in [6.07, 6.45) is 4.12. The minimum atomic E-state index is -0.710. The number of anilines is 7. The van der Waals surface area contributed by atoms with Crippen molar-refractivity contribution in [2.75, 3.05) is 91.7 Å². The van der Waals surface area contributed by atoms with Crippen LogP contribution in [0.1, 0.15) is 41.6 Å². The van der Waals surface area contributed by atoms with Crippen molar-refractivity contribution in [3.63, 3.8) is 0 Å². The highest BCUT2D eigenvalue weighted by Gasteiger charge is 2.40. The number of nitrogens with zero attached hydrogens (tertiary/aromatic N) is 7. The molecule has 17 nitrogen and oxygen atoms in total. The van der Waals surface area contributed by atoms with Gasteiger partial charge in [-0.05, 0) is 61.6 Å². The standard InChI is InChI=1S/C43H50ClN11O6S/c1-51(62-60)35-9-4-3-7-33(35)47-40-31(44)23-45-43(50-40)48-34-11-10-28(22-37(34)61-2)54-16-14-27(15-17-54)24-52-18-20-53(21-19-52)26-39(57)46-32-8-5-6-29-30(32)25-55(42(29)59)36-12-13-38(56)49-41(36)58/h3-11,22-23,27,36,62H,12-21,24-26H2,1-2H3,(H,46,57)(H,49,56,58)(H2,45,47,48,50). The van der Waals surface area contributed by atoms with Crippen molar-refractivity contribution in [3.8, 4) is 5.75 Å². The maximum atomic E-state index is 13.2. The van der Waals surface area contributed by atoms with E-state index in [1.165, 1.54) is 11.1 Å². The molecule has 4 aliphatic heterocycles. The Morgan fingerprint density at radius 1 is 0.935 bits per heavy atom. The summed E-state index contributed by atoms with van der Waals surface area (Å²) in [4.78, 5) is 68.1. The van der Waals surface area contributed by atoms with Gasteiger partial charge in [-0.3, -0.25) is 33.7 Å². The first-order chi connectivity index (χ1) is 30.1. The molecular formula is C43H50ClN11O6S. The van der Waals surface area contributed by atoms with Gasteiger partial charge in [0.2, 0.25) is 23.7 Å². The summed E-state index contributed by atoms with van der Waals surface area (Å²) in [5.74, 6) is 0.753. The van der Waals surface area contributed by atoms with Crippen molar-refractivity contribution in [2.45, 2.75) is 38.3 Å². The molecule has 3 aromatic carbocycles. The predicted molar refractivity (Wildman–Crippen MR) is 240 cm³/mol. The maximum Gasteiger partial charge on any atom is 0.255 e. The topological polar surface area (TPSA) is 185 Å². The largest absolute Gasteiger partial charge is 0.494 e. The van der Waals surface area contributed by atoms with Crippen LogP contribution < -0.4 is 35.2 Å². The summed E-state index contributed by atoms with van der Waals surface area (Å²) in [5, 5.41) is 12.2. The van der Waals surface area contributed by atoms with Crippen molar-refractivity contribution < 1.29 is 28.1 Å². The smallest absolute Gasteiger partial charge is 0.255 e. The number of hydrogen-bond acceptors (Lipinski definition) is 13. The first-order valence-corrected chi connectivity index (χ1v) is 21.9. The fourth-order valence-corrected chi connectivity index (χ4v) is 9.01. The Balaban J connectivity index is 0.789. The van der Waals surface area contributed by atoms with Gasteiger partial charge in [-0.2, -0.15) is 4.98 Å². The Labute approximate surface area is 368 Å². The molecule has 1 atom stereocenters. The number of thiol groups is 1. The van der Waals surface area contributed by atoms with Gasteiger partial charge >= 0.3 is 0 Å². The molecule has 4 aromatic rings. The molecule has 62 heavy (non-hydrogen) atoms. The highest BCUT2D eigenvalue weighted by Crippen LogP contribution is 2.36. The lowest BCUT2D eigenvalue weighted by molar-refractivity contribution is -0.137. The number of carbonyl (C=O) groups excluding carboxylic acids is 4. The summed E-state index contributed by atoms with van der Waals surface area (Å²) >= 11 is 6.32. The number of aromatic nitrogens is 2. The van der Waals surface area contributed by atoms with Crippen molar-refractivity contribution in [1.82, 2.24) is 30.0 Å². The summed E-state index contributed by atoms with van der Waals surface area (Å²) in [5.41, 5.74) is 4.93. The minimum Gasteiger partial charge on any atom is -0.494 e. The first-order valence-electron chi connectivity index (χ1n) is 20.7. The quantitative estimate of drug-likeness (QED) is 0.0900. The molecule has 4 aliphatic rings. The van der Waals surface area contributed by atoms with Crippen molar-refractivity contribution in [3.05, 3.63) is 83.0 Å². The maximum absolute atomic E-state index is 13.2. The molecular weight excluding hydrogens is 834 g/mol. The Morgan fingerprint density at radius 3 is 2.45 bits per heavy atom. The fourth-order valence-electron chi connectivity index (χ4n) is 8.61. The molecule has 4 amide bonds. The number of benzene rings is 3. The Morgan fingerprint density at radius 2 is 1.69 bits per heavy atom. The molecule has 5 heterocycles. The van der Waals surface area contributed by atoms with Gasteiger partial charge in [0.15, 0.2) is 5.82 Å². The van der Waals surface area contributed by atoms with Crippen LogP contribution in [-0.2, 0) is 32.8 Å². The van der Waals surface area contributed by atoms with E-state index >= 15 is 0 Å². The fraction of sp³-hybridized carbons (Fsp3) is 0.395. The number of imide groups is 1. The van der Waals surface area contributed by atoms with E-state index in [1.807, 2.05) is 36.4 Å². The third-order valence-corrected chi connectivity index (χ3v) is 12.7. The van der Waals surface area contributed by atoms with Crippen LogP contribution in [0.5, 0.6) is 5.75 Å². The normalized spacial score (nSPS) is 18.6. The first kappa shape index (κ1) is 42.9. The van der Waals surface area contributed by atoms with E-state index < -0.39 is 11.9 Å². The molecule has 0 radical (unpaired) electrons. The van der Waals surface area contributed by atoms with Gasteiger partial charge in [0.05, 0.1) is 36.9 Å². The number of halogens is 1. The van der Waals surface area contributed by atoms with E-state index in [1.54, 1.807) is 36.7 Å². The molecule has 3 fully saturated rings. The van der Waals surface area contributed by atoms with Crippen molar-refractivity contribution >= 4 is 87.3 Å². The molecule has 0 aliphatic carbocycles. The summed E-state index contributed by atoms with van der Waals surface area (Å²) in [6, 6.07) is 18.0. The highest BCUT2D eigenvalue weighted by atomic mass is 35.5. The van der Waals surface area contributed by atoms with Gasteiger partial charge in [-0.1, -0.05) is 29.8 Å². The van der Waals surface area contributed by atoms with E-state index in [0.717, 1.165) is 64.3 Å². The molecule has 0 saturated carbocycles. The van der Waals surface area contributed by atoms with E-state index in [0.29, 0.717) is 62.3 Å². The monoisotopic (exact) mass is 883 g/mol. The average molecular weight is 884 g/mol. The van der Waals surface area contributed by atoms with Crippen LogP contribution >= 0.6 is 11.6 Å². The molecule has 1 aromatic heterocycles. The predicted octanol–water partition coefficient (Wildman–Crippen LogP) is 4.16. The molecule has 8 rings (SSSR count). The van der Waals surface area contributed by atoms with Gasteiger partial charge in [0, 0.05) is 94.4 Å². The number of piperidine rings is 2. The van der Waals surface area contributed by atoms with Crippen LogP contribution in [-0.4, -0.2) is 125 Å². The second-order valence-electron chi connectivity index (χ2n) is 15.9. The zero-order chi connectivity index (χ0) is 43.3. The van der Waals surface area contributed by atoms with Crippen LogP contribution in [0.2, 0.25) is 5.02 Å². The van der Waals surface area contributed by atoms with E-state index in [2.05, 4.69) is 52.0 Å². The molecule has 326 valence electrons. The summed E-state index contributed by atoms with van der Waals surface area (Å²) in [6.45, 7) is 6.67. The van der Waals surface area contributed by atoms with Crippen LogP contribution in [0, 0.1) is 5.92 Å². The van der Waals surface area contributed by atoms with E-state index in [-0.39, 0.29) is 55.5 Å². The number of ether oxygens (including phenoxy) is 1. The number of fused-ring (bicyclic) bond motifs is 1. The molecule has 4 N–H and O–H groups in total.